The van der Waals surface area contributed by atoms with Gasteiger partial charge in [-0.25, -0.2) is 4.39 Å². The van der Waals surface area contributed by atoms with Gasteiger partial charge in [0.05, 0.1) is 0 Å². The van der Waals surface area contributed by atoms with E-state index in [0.717, 1.165) is 11.3 Å². The van der Waals surface area contributed by atoms with Gasteiger partial charge < -0.3 is 5.32 Å². The standard InChI is InChI=1S/C13H10ClFN/c14-11-4-1-3-10(7-11)9-16-13-6-2-5-12(15)8-13/h1-3,5-8,16H,9H2. The quantitative estimate of drug-likeness (QED) is 0.850. The summed E-state index contributed by atoms with van der Waals surface area (Å²) in [6, 6.07) is 14.7. The Morgan fingerprint density at radius 3 is 2.88 bits per heavy atom. The molecule has 0 aliphatic carbocycles. The first-order valence-corrected chi connectivity index (χ1v) is 5.27. The summed E-state index contributed by atoms with van der Waals surface area (Å²) in [7, 11) is 0. The highest BCUT2D eigenvalue weighted by molar-refractivity contribution is 6.30. The molecule has 0 atom stereocenters. The predicted molar refractivity (Wildman–Crippen MR) is 64.0 cm³/mol. The second-order valence-electron chi connectivity index (χ2n) is 3.41. The molecule has 1 radical (unpaired) electrons. The van der Waals surface area contributed by atoms with E-state index >= 15 is 0 Å². The number of nitrogens with one attached hydrogen (secondary N) is 1. The first kappa shape index (κ1) is 11.0. The number of hydrogen-bond acceptors (Lipinski definition) is 1. The van der Waals surface area contributed by atoms with Crippen LogP contribution in [0.15, 0.2) is 42.5 Å². The van der Waals surface area contributed by atoms with Gasteiger partial charge in [0.25, 0.3) is 0 Å². The first-order chi connectivity index (χ1) is 7.74. The van der Waals surface area contributed by atoms with Gasteiger partial charge in [-0.1, -0.05) is 29.8 Å². The van der Waals surface area contributed by atoms with E-state index in [1.54, 1.807) is 12.1 Å². The Kier molecular flexibility index (Phi) is 3.42. The Morgan fingerprint density at radius 1 is 1.25 bits per heavy atom. The molecule has 0 amide bonds. The number of rotatable bonds is 3. The van der Waals surface area contributed by atoms with Gasteiger partial charge in [0, 0.05) is 23.3 Å². The van der Waals surface area contributed by atoms with Crippen molar-refractivity contribution in [2.45, 2.75) is 6.54 Å². The number of benzene rings is 2. The minimum absolute atomic E-state index is 0.246. The summed E-state index contributed by atoms with van der Waals surface area (Å²) in [6.45, 7) is 0.609. The number of anilines is 1. The first-order valence-electron chi connectivity index (χ1n) is 4.89. The molecule has 2 rings (SSSR count). The van der Waals surface area contributed by atoms with Crippen LogP contribution in [0.4, 0.5) is 10.1 Å². The van der Waals surface area contributed by atoms with Gasteiger partial charge in [0.15, 0.2) is 0 Å². The van der Waals surface area contributed by atoms with Crippen molar-refractivity contribution in [2.75, 3.05) is 5.32 Å². The summed E-state index contributed by atoms with van der Waals surface area (Å²) in [5, 5.41) is 3.70. The zero-order valence-electron chi connectivity index (χ0n) is 8.50. The smallest absolute Gasteiger partial charge is 0.125 e. The molecule has 0 saturated heterocycles. The maximum absolute atomic E-state index is 12.9. The molecule has 0 bridgehead atoms. The minimum Gasteiger partial charge on any atom is -0.381 e. The SMILES string of the molecule is Fc1cccc(NCc2cc[c]c(Cl)c2)c1. The van der Waals surface area contributed by atoms with Crippen LogP contribution in [0.5, 0.6) is 0 Å². The molecular weight excluding hydrogens is 225 g/mol. The molecule has 2 aromatic carbocycles. The van der Waals surface area contributed by atoms with Crippen LogP contribution >= 0.6 is 11.6 Å². The molecule has 0 aliphatic rings. The van der Waals surface area contributed by atoms with Crippen LogP contribution < -0.4 is 5.32 Å². The Bertz CT molecular complexity index is 439. The molecular formula is C13H10ClFN. The van der Waals surface area contributed by atoms with Crippen LogP contribution in [-0.4, -0.2) is 0 Å². The lowest BCUT2D eigenvalue weighted by Crippen LogP contribution is -1.99. The molecule has 3 heteroatoms. The molecule has 81 valence electrons. The fourth-order valence-electron chi connectivity index (χ4n) is 1.39. The molecule has 0 spiro atoms. The molecule has 2 aromatic rings. The van der Waals surface area contributed by atoms with E-state index in [-0.39, 0.29) is 5.82 Å². The highest BCUT2D eigenvalue weighted by Gasteiger charge is 1.96. The van der Waals surface area contributed by atoms with Crippen molar-refractivity contribution in [1.29, 1.82) is 0 Å². The molecule has 0 aromatic heterocycles. The van der Waals surface area contributed by atoms with E-state index in [4.69, 9.17) is 11.6 Å². The van der Waals surface area contributed by atoms with Gasteiger partial charge in [-0.15, -0.1) is 0 Å². The monoisotopic (exact) mass is 234 g/mol. The topological polar surface area (TPSA) is 12.0 Å². The summed E-state index contributed by atoms with van der Waals surface area (Å²) >= 11 is 5.81. The van der Waals surface area contributed by atoms with Crippen molar-refractivity contribution >= 4 is 17.3 Å². The lowest BCUT2D eigenvalue weighted by molar-refractivity contribution is 0.628. The van der Waals surface area contributed by atoms with Crippen molar-refractivity contribution in [1.82, 2.24) is 0 Å². The fraction of sp³-hybridized carbons (Fsp3) is 0.0769. The maximum Gasteiger partial charge on any atom is 0.125 e. The maximum atomic E-state index is 12.9. The van der Waals surface area contributed by atoms with Crippen molar-refractivity contribution in [2.24, 2.45) is 0 Å². The highest BCUT2D eigenvalue weighted by Crippen LogP contribution is 2.13. The third kappa shape index (κ3) is 2.97. The average molecular weight is 235 g/mol. The van der Waals surface area contributed by atoms with Crippen LogP contribution in [0.3, 0.4) is 0 Å². The van der Waals surface area contributed by atoms with Gasteiger partial charge in [-0.2, -0.15) is 0 Å². The highest BCUT2D eigenvalue weighted by atomic mass is 35.5. The van der Waals surface area contributed by atoms with Crippen molar-refractivity contribution < 1.29 is 4.39 Å². The van der Waals surface area contributed by atoms with E-state index in [9.17, 15) is 4.39 Å². The zero-order valence-corrected chi connectivity index (χ0v) is 9.26. The van der Waals surface area contributed by atoms with Crippen LogP contribution in [0.25, 0.3) is 0 Å². The Morgan fingerprint density at radius 2 is 2.12 bits per heavy atom. The van der Waals surface area contributed by atoms with Crippen LogP contribution in [0.1, 0.15) is 5.56 Å². The Hall–Kier alpha value is -1.54. The molecule has 1 N–H and O–H groups in total. The van der Waals surface area contributed by atoms with Gasteiger partial charge >= 0.3 is 0 Å². The summed E-state index contributed by atoms with van der Waals surface area (Å²) in [5.41, 5.74) is 1.79. The molecule has 0 aliphatic heterocycles. The van der Waals surface area contributed by atoms with E-state index in [1.807, 2.05) is 18.2 Å². The normalized spacial score (nSPS) is 10.1. The third-order valence-corrected chi connectivity index (χ3v) is 2.37. The van der Waals surface area contributed by atoms with Crippen molar-refractivity contribution in [3.05, 3.63) is 64.9 Å². The largest absolute Gasteiger partial charge is 0.381 e. The van der Waals surface area contributed by atoms with Gasteiger partial charge in [-0.3, -0.25) is 0 Å². The van der Waals surface area contributed by atoms with Crippen LogP contribution in [0, 0.1) is 11.9 Å². The third-order valence-electron chi connectivity index (χ3n) is 2.15. The average Bonchev–Trinajstić information content (AvgIpc) is 2.27. The molecule has 16 heavy (non-hydrogen) atoms. The van der Waals surface area contributed by atoms with E-state index < -0.39 is 0 Å². The molecule has 0 heterocycles. The second kappa shape index (κ2) is 4.99. The predicted octanol–water partition coefficient (Wildman–Crippen LogP) is 3.89. The Labute approximate surface area is 98.9 Å². The minimum atomic E-state index is -0.246. The fourth-order valence-corrected chi connectivity index (χ4v) is 1.60. The summed E-state index contributed by atoms with van der Waals surface area (Å²) in [6.07, 6.45) is 0. The summed E-state index contributed by atoms with van der Waals surface area (Å²) < 4.78 is 12.9. The van der Waals surface area contributed by atoms with Gasteiger partial charge in [0.2, 0.25) is 0 Å². The number of halogens is 2. The van der Waals surface area contributed by atoms with Crippen LogP contribution in [0.2, 0.25) is 5.02 Å². The zero-order chi connectivity index (χ0) is 11.4. The van der Waals surface area contributed by atoms with Crippen molar-refractivity contribution in [3.63, 3.8) is 0 Å². The lowest BCUT2D eigenvalue weighted by Gasteiger charge is -2.06. The summed E-state index contributed by atoms with van der Waals surface area (Å²) in [4.78, 5) is 0. The van der Waals surface area contributed by atoms with Gasteiger partial charge in [0.1, 0.15) is 5.82 Å². The summed E-state index contributed by atoms with van der Waals surface area (Å²) in [5.74, 6) is -0.246. The number of hydrogen-bond donors (Lipinski definition) is 1. The molecule has 1 nitrogen and oxygen atoms in total. The van der Waals surface area contributed by atoms with E-state index in [1.165, 1.54) is 12.1 Å². The molecule has 0 fully saturated rings. The molecule has 0 unspecified atom stereocenters. The van der Waals surface area contributed by atoms with E-state index in [2.05, 4.69) is 11.4 Å². The van der Waals surface area contributed by atoms with Crippen LogP contribution in [-0.2, 0) is 6.54 Å². The van der Waals surface area contributed by atoms with E-state index in [0.29, 0.717) is 11.6 Å². The van der Waals surface area contributed by atoms with Gasteiger partial charge in [-0.05, 0) is 29.8 Å². The molecule has 0 saturated carbocycles. The second-order valence-corrected chi connectivity index (χ2v) is 3.82. The lowest BCUT2D eigenvalue weighted by atomic mass is 10.2. The Balaban J connectivity index is 2.02. The van der Waals surface area contributed by atoms with Crippen molar-refractivity contribution in [3.8, 4) is 0 Å².